The number of para-hydroxylation sites is 1. The first kappa shape index (κ1) is 21.6. The van der Waals surface area contributed by atoms with Gasteiger partial charge in [-0.3, -0.25) is 14.4 Å². The van der Waals surface area contributed by atoms with E-state index in [2.05, 4.69) is 10.6 Å². The van der Waals surface area contributed by atoms with Crippen LogP contribution in [0.1, 0.15) is 36.6 Å². The molecule has 0 aliphatic rings. The maximum absolute atomic E-state index is 12.9. The first-order chi connectivity index (χ1) is 14.6. The molecule has 0 atom stereocenters. The quantitative estimate of drug-likeness (QED) is 0.566. The van der Waals surface area contributed by atoms with Crippen LogP contribution in [0.4, 0.5) is 24.5 Å². The molecular weight excluding hydrogens is 411 g/mol. The molecule has 3 rings (SSSR count). The molecule has 0 unspecified atom stereocenters. The number of alkyl halides is 3. The lowest BCUT2D eigenvalue weighted by atomic mass is 10.1. The van der Waals surface area contributed by atoms with Gasteiger partial charge in [0.2, 0.25) is 5.91 Å². The van der Waals surface area contributed by atoms with Gasteiger partial charge < -0.3 is 16.4 Å². The van der Waals surface area contributed by atoms with Crippen LogP contribution >= 0.6 is 0 Å². The van der Waals surface area contributed by atoms with Crippen LogP contribution in [0, 0.1) is 0 Å². The number of halogens is 3. The summed E-state index contributed by atoms with van der Waals surface area (Å²) >= 11 is 0. The first-order valence-electron chi connectivity index (χ1n) is 8.94. The predicted octanol–water partition coefficient (Wildman–Crippen LogP) is 4.31. The molecule has 6 nitrogen and oxygen atoms in total. The second-order valence-corrected chi connectivity index (χ2v) is 6.48. The molecule has 0 aromatic heterocycles. The SMILES string of the molecule is NC(=O)c1cccc(C(=O)Nc2ccccc2C(=O)Nc2cccc(C(F)(F)F)c2)c1. The van der Waals surface area contributed by atoms with Crippen molar-refractivity contribution in [2.75, 3.05) is 10.6 Å². The van der Waals surface area contributed by atoms with Gasteiger partial charge >= 0.3 is 6.18 Å². The van der Waals surface area contributed by atoms with E-state index in [9.17, 15) is 27.6 Å². The van der Waals surface area contributed by atoms with Crippen molar-refractivity contribution in [3.63, 3.8) is 0 Å². The van der Waals surface area contributed by atoms with Gasteiger partial charge in [0.25, 0.3) is 11.8 Å². The number of benzene rings is 3. The number of hydrogen-bond donors (Lipinski definition) is 3. The standard InChI is InChI=1S/C22H16F3N3O3/c23-22(24,25)15-7-4-8-16(12-15)27-21(31)17-9-1-2-10-18(17)28-20(30)14-6-3-5-13(11-14)19(26)29/h1-12H,(H2,26,29)(H,27,31)(H,28,30). The van der Waals surface area contributed by atoms with Crippen molar-refractivity contribution in [1.29, 1.82) is 0 Å². The highest BCUT2D eigenvalue weighted by atomic mass is 19.4. The third-order valence-electron chi connectivity index (χ3n) is 4.28. The maximum atomic E-state index is 12.9. The van der Waals surface area contributed by atoms with E-state index in [1.165, 1.54) is 48.5 Å². The Morgan fingerprint density at radius 3 is 2.13 bits per heavy atom. The van der Waals surface area contributed by atoms with E-state index < -0.39 is 29.5 Å². The minimum atomic E-state index is -4.55. The van der Waals surface area contributed by atoms with Crippen LogP contribution in [-0.4, -0.2) is 17.7 Å². The van der Waals surface area contributed by atoms with Crippen molar-refractivity contribution < 1.29 is 27.6 Å². The summed E-state index contributed by atoms with van der Waals surface area (Å²) in [6.45, 7) is 0. The Hall–Kier alpha value is -4.14. The molecule has 3 amide bonds. The number of amides is 3. The van der Waals surface area contributed by atoms with Crippen molar-refractivity contribution in [3.05, 3.63) is 95.1 Å². The Balaban J connectivity index is 1.82. The zero-order valence-corrected chi connectivity index (χ0v) is 15.9. The molecule has 0 saturated heterocycles. The zero-order valence-electron chi connectivity index (χ0n) is 15.9. The van der Waals surface area contributed by atoms with E-state index in [0.29, 0.717) is 0 Å². The predicted molar refractivity (Wildman–Crippen MR) is 109 cm³/mol. The van der Waals surface area contributed by atoms with Crippen molar-refractivity contribution in [1.82, 2.24) is 0 Å². The smallest absolute Gasteiger partial charge is 0.366 e. The lowest BCUT2D eigenvalue weighted by Gasteiger charge is -2.13. The van der Waals surface area contributed by atoms with Gasteiger partial charge in [-0.25, -0.2) is 0 Å². The summed E-state index contributed by atoms with van der Waals surface area (Å²) in [5.74, 6) is -2.00. The van der Waals surface area contributed by atoms with Gasteiger partial charge in [-0.1, -0.05) is 24.3 Å². The fourth-order valence-corrected chi connectivity index (χ4v) is 2.77. The van der Waals surface area contributed by atoms with Crippen molar-refractivity contribution in [2.24, 2.45) is 5.73 Å². The minimum absolute atomic E-state index is 0.0410. The van der Waals surface area contributed by atoms with Gasteiger partial charge in [0.15, 0.2) is 0 Å². The Bertz CT molecular complexity index is 1160. The molecule has 0 spiro atoms. The van der Waals surface area contributed by atoms with Crippen LogP contribution < -0.4 is 16.4 Å². The van der Waals surface area contributed by atoms with E-state index in [0.717, 1.165) is 12.1 Å². The van der Waals surface area contributed by atoms with Crippen LogP contribution in [0.15, 0.2) is 72.8 Å². The van der Waals surface area contributed by atoms with E-state index >= 15 is 0 Å². The van der Waals surface area contributed by atoms with E-state index in [4.69, 9.17) is 5.73 Å². The van der Waals surface area contributed by atoms with Crippen LogP contribution in [0.5, 0.6) is 0 Å². The Kier molecular flexibility index (Phi) is 6.05. The summed E-state index contributed by atoms with van der Waals surface area (Å²) in [5, 5.41) is 4.96. The largest absolute Gasteiger partial charge is 0.416 e. The van der Waals surface area contributed by atoms with Crippen LogP contribution in [0.25, 0.3) is 0 Å². The monoisotopic (exact) mass is 427 g/mol. The normalized spacial score (nSPS) is 10.9. The summed E-state index contributed by atoms with van der Waals surface area (Å²) in [5.41, 5.74) is 4.73. The van der Waals surface area contributed by atoms with Gasteiger partial charge in [0.05, 0.1) is 16.8 Å². The molecule has 0 fully saturated rings. The Morgan fingerprint density at radius 2 is 1.42 bits per heavy atom. The number of carbonyl (C=O) groups excluding carboxylic acids is 3. The van der Waals surface area contributed by atoms with Gasteiger partial charge in [-0.15, -0.1) is 0 Å². The summed E-state index contributed by atoms with van der Waals surface area (Å²) < 4.78 is 38.7. The van der Waals surface area contributed by atoms with Crippen LogP contribution in [0.2, 0.25) is 0 Å². The van der Waals surface area contributed by atoms with Crippen molar-refractivity contribution in [3.8, 4) is 0 Å². The number of hydrogen-bond acceptors (Lipinski definition) is 3. The number of anilines is 2. The summed E-state index contributed by atoms with van der Waals surface area (Å²) in [6.07, 6.45) is -4.55. The van der Waals surface area contributed by atoms with E-state index in [1.807, 2.05) is 0 Å². The topological polar surface area (TPSA) is 101 Å². The van der Waals surface area contributed by atoms with Gasteiger partial charge in [0, 0.05) is 16.8 Å². The van der Waals surface area contributed by atoms with Crippen molar-refractivity contribution >= 4 is 29.1 Å². The molecular formula is C22H16F3N3O3. The molecule has 0 bridgehead atoms. The molecule has 0 radical (unpaired) electrons. The number of rotatable bonds is 5. The highest BCUT2D eigenvalue weighted by Crippen LogP contribution is 2.31. The summed E-state index contributed by atoms with van der Waals surface area (Å²) in [7, 11) is 0. The molecule has 3 aromatic carbocycles. The summed E-state index contributed by atoms with van der Waals surface area (Å²) in [4.78, 5) is 36.5. The number of nitrogens with two attached hydrogens (primary N) is 1. The Labute approximate surface area is 174 Å². The number of primary amides is 1. The maximum Gasteiger partial charge on any atom is 0.416 e. The van der Waals surface area contributed by atoms with Crippen LogP contribution in [0.3, 0.4) is 0 Å². The second kappa shape index (κ2) is 8.70. The lowest BCUT2D eigenvalue weighted by Crippen LogP contribution is -2.19. The number of carbonyl (C=O) groups is 3. The Morgan fingerprint density at radius 1 is 0.742 bits per heavy atom. The average molecular weight is 427 g/mol. The zero-order chi connectivity index (χ0) is 22.6. The van der Waals surface area contributed by atoms with Gasteiger partial charge in [0.1, 0.15) is 0 Å². The second-order valence-electron chi connectivity index (χ2n) is 6.48. The minimum Gasteiger partial charge on any atom is -0.366 e. The van der Waals surface area contributed by atoms with Gasteiger partial charge in [-0.2, -0.15) is 13.2 Å². The average Bonchev–Trinajstić information content (AvgIpc) is 2.73. The molecule has 4 N–H and O–H groups in total. The van der Waals surface area contributed by atoms with Gasteiger partial charge in [-0.05, 0) is 48.5 Å². The first-order valence-corrected chi connectivity index (χ1v) is 8.94. The van der Waals surface area contributed by atoms with Crippen molar-refractivity contribution in [2.45, 2.75) is 6.18 Å². The molecule has 0 aliphatic heterocycles. The highest BCUT2D eigenvalue weighted by Gasteiger charge is 2.30. The molecule has 31 heavy (non-hydrogen) atoms. The van der Waals surface area contributed by atoms with E-state index in [-0.39, 0.29) is 28.1 Å². The molecule has 158 valence electrons. The molecule has 0 saturated carbocycles. The van der Waals surface area contributed by atoms with E-state index in [1.54, 1.807) is 12.1 Å². The summed E-state index contributed by atoms with van der Waals surface area (Å²) in [6, 6.07) is 15.9. The fourth-order valence-electron chi connectivity index (χ4n) is 2.77. The molecule has 0 heterocycles. The third-order valence-corrected chi connectivity index (χ3v) is 4.28. The highest BCUT2D eigenvalue weighted by molar-refractivity contribution is 6.13. The third kappa shape index (κ3) is 5.27. The molecule has 3 aromatic rings. The number of nitrogens with one attached hydrogen (secondary N) is 2. The fraction of sp³-hybridized carbons (Fsp3) is 0.0455. The lowest BCUT2D eigenvalue weighted by molar-refractivity contribution is -0.137. The van der Waals surface area contributed by atoms with Crippen LogP contribution in [-0.2, 0) is 6.18 Å². The molecule has 9 heteroatoms. The molecule has 0 aliphatic carbocycles.